The van der Waals surface area contributed by atoms with Crippen LogP contribution < -0.4 is 5.73 Å². The number of halogens is 2. The number of rotatable bonds is 2. The molecule has 2 nitrogen and oxygen atoms in total. The third-order valence-electron chi connectivity index (χ3n) is 2.92. The maximum Gasteiger partial charge on any atom is 0.142 e. The molecule has 15 heavy (non-hydrogen) atoms. The minimum absolute atomic E-state index is 0.0338. The molecule has 1 unspecified atom stereocenters. The lowest BCUT2D eigenvalue weighted by molar-refractivity contribution is 0.515. The van der Waals surface area contributed by atoms with Crippen molar-refractivity contribution >= 4 is 11.6 Å². The van der Waals surface area contributed by atoms with Gasteiger partial charge in [-0.25, -0.2) is 4.39 Å². The van der Waals surface area contributed by atoms with Crippen LogP contribution in [0.2, 0.25) is 5.02 Å². The van der Waals surface area contributed by atoms with E-state index in [9.17, 15) is 4.39 Å². The van der Waals surface area contributed by atoms with Crippen LogP contribution in [0.25, 0.3) is 0 Å². The Labute approximate surface area is 92.5 Å². The van der Waals surface area contributed by atoms with Gasteiger partial charge in [0, 0.05) is 6.04 Å². The van der Waals surface area contributed by atoms with Crippen molar-refractivity contribution in [3.05, 3.63) is 34.6 Å². The molecule has 1 fully saturated rings. The molecule has 0 aromatic heterocycles. The van der Waals surface area contributed by atoms with E-state index in [1.807, 2.05) is 0 Å². The molecule has 0 heterocycles. The van der Waals surface area contributed by atoms with Crippen LogP contribution >= 0.6 is 11.6 Å². The number of nitrogens with two attached hydrogens (primary N) is 1. The molecule has 78 valence electrons. The van der Waals surface area contributed by atoms with E-state index in [1.54, 1.807) is 12.1 Å². The lowest BCUT2D eigenvalue weighted by atomic mass is 9.92. The van der Waals surface area contributed by atoms with Crippen LogP contribution in [0.5, 0.6) is 0 Å². The summed E-state index contributed by atoms with van der Waals surface area (Å²) in [5, 5.41) is 9.02. The zero-order valence-corrected chi connectivity index (χ0v) is 8.76. The van der Waals surface area contributed by atoms with Crippen LogP contribution in [0, 0.1) is 22.6 Å². The Bertz CT molecular complexity index is 435. The van der Waals surface area contributed by atoms with Crippen molar-refractivity contribution in [1.29, 1.82) is 5.26 Å². The van der Waals surface area contributed by atoms with Gasteiger partial charge in [-0.1, -0.05) is 23.7 Å². The first kappa shape index (κ1) is 10.4. The highest BCUT2D eigenvalue weighted by atomic mass is 35.5. The fourth-order valence-corrected chi connectivity index (χ4v) is 1.93. The van der Waals surface area contributed by atoms with Gasteiger partial charge in [-0.05, 0) is 24.5 Å². The third-order valence-corrected chi connectivity index (χ3v) is 3.32. The summed E-state index contributed by atoms with van der Waals surface area (Å²) in [6, 6.07) is 6.21. The second kappa shape index (κ2) is 3.48. The first-order valence-electron chi connectivity index (χ1n) is 4.71. The highest BCUT2D eigenvalue weighted by Gasteiger charge is 2.49. The zero-order chi connectivity index (χ0) is 11.1. The molecular formula is C11H10ClFN2. The molecule has 4 heteroatoms. The number of nitrogens with zero attached hydrogens (tertiary/aromatic N) is 1. The third kappa shape index (κ3) is 1.60. The Morgan fingerprint density at radius 2 is 2.20 bits per heavy atom. The molecule has 0 saturated heterocycles. The van der Waals surface area contributed by atoms with Gasteiger partial charge in [-0.2, -0.15) is 5.26 Å². The standard InChI is InChI=1S/C11H10ClFN2/c12-9-7(2-1-3-8(9)13)10(15)11(6-14)4-5-11/h1-3,10H,4-5,15H2. The first-order valence-corrected chi connectivity index (χ1v) is 5.09. The summed E-state index contributed by atoms with van der Waals surface area (Å²) in [4.78, 5) is 0. The zero-order valence-electron chi connectivity index (χ0n) is 8.00. The monoisotopic (exact) mass is 224 g/mol. The van der Waals surface area contributed by atoms with E-state index in [1.165, 1.54) is 6.07 Å². The second-order valence-corrected chi connectivity index (χ2v) is 4.27. The Hall–Kier alpha value is -1.11. The average molecular weight is 225 g/mol. The van der Waals surface area contributed by atoms with E-state index in [0.717, 1.165) is 12.8 Å². The van der Waals surface area contributed by atoms with Crippen molar-refractivity contribution in [2.24, 2.45) is 11.1 Å². The summed E-state index contributed by atoms with van der Waals surface area (Å²) in [5.41, 5.74) is 5.94. The molecule has 1 saturated carbocycles. The fraction of sp³-hybridized carbons (Fsp3) is 0.364. The van der Waals surface area contributed by atoms with Crippen LogP contribution in [-0.4, -0.2) is 0 Å². The first-order chi connectivity index (χ1) is 7.10. The molecule has 2 N–H and O–H groups in total. The van der Waals surface area contributed by atoms with E-state index in [-0.39, 0.29) is 5.02 Å². The molecule has 0 bridgehead atoms. The van der Waals surface area contributed by atoms with E-state index in [4.69, 9.17) is 22.6 Å². The van der Waals surface area contributed by atoms with Gasteiger partial charge in [0.1, 0.15) is 5.82 Å². The molecule has 1 aromatic rings. The lowest BCUT2D eigenvalue weighted by Crippen LogP contribution is -2.22. The van der Waals surface area contributed by atoms with Crippen molar-refractivity contribution in [3.63, 3.8) is 0 Å². The molecule has 0 amide bonds. The Morgan fingerprint density at radius 3 is 2.73 bits per heavy atom. The van der Waals surface area contributed by atoms with Gasteiger partial charge in [0.15, 0.2) is 0 Å². The van der Waals surface area contributed by atoms with E-state index in [0.29, 0.717) is 5.56 Å². The van der Waals surface area contributed by atoms with Gasteiger partial charge in [0.05, 0.1) is 16.5 Å². The molecule has 1 aliphatic rings. The lowest BCUT2D eigenvalue weighted by Gasteiger charge is -2.18. The van der Waals surface area contributed by atoms with Crippen molar-refractivity contribution in [1.82, 2.24) is 0 Å². The molecule has 0 spiro atoms. The van der Waals surface area contributed by atoms with E-state index < -0.39 is 17.3 Å². The normalized spacial score (nSPS) is 19.3. The van der Waals surface area contributed by atoms with Crippen LogP contribution in [0.3, 0.4) is 0 Å². The fourth-order valence-electron chi connectivity index (χ4n) is 1.69. The summed E-state index contributed by atoms with van der Waals surface area (Å²) < 4.78 is 13.2. The van der Waals surface area contributed by atoms with Crippen molar-refractivity contribution in [2.75, 3.05) is 0 Å². The quantitative estimate of drug-likeness (QED) is 0.840. The molecule has 1 aliphatic carbocycles. The number of benzene rings is 1. The summed E-state index contributed by atoms with van der Waals surface area (Å²) >= 11 is 5.81. The summed E-state index contributed by atoms with van der Waals surface area (Å²) in [6.45, 7) is 0. The highest BCUT2D eigenvalue weighted by molar-refractivity contribution is 6.31. The smallest absolute Gasteiger partial charge is 0.142 e. The minimum atomic E-state index is -0.530. The van der Waals surface area contributed by atoms with Gasteiger partial charge in [0.25, 0.3) is 0 Å². The Kier molecular flexibility index (Phi) is 2.41. The van der Waals surface area contributed by atoms with Gasteiger partial charge in [0.2, 0.25) is 0 Å². The molecule has 1 atom stereocenters. The maximum atomic E-state index is 13.2. The predicted molar refractivity (Wildman–Crippen MR) is 55.6 cm³/mol. The average Bonchev–Trinajstić information content (AvgIpc) is 3.02. The summed E-state index contributed by atoms with van der Waals surface area (Å²) in [6.07, 6.45) is 1.52. The molecule has 0 aliphatic heterocycles. The summed E-state index contributed by atoms with van der Waals surface area (Å²) in [7, 11) is 0. The largest absolute Gasteiger partial charge is 0.323 e. The van der Waals surface area contributed by atoms with Gasteiger partial charge < -0.3 is 5.73 Å². The molecular weight excluding hydrogens is 215 g/mol. The van der Waals surface area contributed by atoms with Crippen LogP contribution in [-0.2, 0) is 0 Å². The van der Waals surface area contributed by atoms with Crippen LogP contribution in [0.1, 0.15) is 24.4 Å². The number of nitriles is 1. The highest BCUT2D eigenvalue weighted by Crippen LogP contribution is 2.54. The summed E-state index contributed by atoms with van der Waals surface area (Å²) in [5.74, 6) is -0.488. The van der Waals surface area contributed by atoms with Gasteiger partial charge >= 0.3 is 0 Å². The maximum absolute atomic E-state index is 13.2. The second-order valence-electron chi connectivity index (χ2n) is 3.89. The van der Waals surface area contributed by atoms with E-state index >= 15 is 0 Å². The van der Waals surface area contributed by atoms with Gasteiger partial charge in [-0.3, -0.25) is 0 Å². The minimum Gasteiger partial charge on any atom is -0.323 e. The van der Waals surface area contributed by atoms with Crippen LogP contribution in [0.4, 0.5) is 4.39 Å². The molecule has 1 aromatic carbocycles. The Morgan fingerprint density at radius 1 is 1.53 bits per heavy atom. The van der Waals surface area contributed by atoms with Crippen LogP contribution in [0.15, 0.2) is 18.2 Å². The SMILES string of the molecule is N#CC1(C(N)c2cccc(F)c2Cl)CC1. The Balaban J connectivity index is 2.39. The van der Waals surface area contributed by atoms with Crippen molar-refractivity contribution in [2.45, 2.75) is 18.9 Å². The van der Waals surface area contributed by atoms with Crippen molar-refractivity contribution in [3.8, 4) is 6.07 Å². The predicted octanol–water partition coefficient (Wildman–Crippen LogP) is 2.78. The van der Waals surface area contributed by atoms with E-state index in [2.05, 4.69) is 6.07 Å². The number of hydrogen-bond donors (Lipinski definition) is 1. The van der Waals surface area contributed by atoms with Crippen molar-refractivity contribution < 1.29 is 4.39 Å². The topological polar surface area (TPSA) is 49.8 Å². The molecule has 0 radical (unpaired) electrons. The van der Waals surface area contributed by atoms with Gasteiger partial charge in [-0.15, -0.1) is 0 Å². The molecule has 2 rings (SSSR count). The number of hydrogen-bond acceptors (Lipinski definition) is 2.